The smallest absolute Gasteiger partial charge is 0.322 e. The number of hydrogen-bond donors (Lipinski definition) is 3. The highest BCUT2D eigenvalue weighted by Crippen LogP contribution is 2.22. The van der Waals surface area contributed by atoms with Crippen molar-refractivity contribution in [2.24, 2.45) is 0 Å². The van der Waals surface area contributed by atoms with Crippen LogP contribution in [0.5, 0.6) is 0 Å². The van der Waals surface area contributed by atoms with Crippen molar-refractivity contribution >= 4 is 39.2 Å². The maximum atomic E-state index is 10.4. The monoisotopic (exact) mass is 336 g/mol. The van der Waals surface area contributed by atoms with Crippen LogP contribution in [0.2, 0.25) is 0 Å². The largest absolute Gasteiger partial charge is 0.480 e. The molecular weight excluding hydrogens is 324 g/mol. The van der Waals surface area contributed by atoms with E-state index in [1.165, 1.54) is 12.4 Å². The number of carbonyl (C=O) groups is 1. The molecule has 0 unspecified atom stereocenters. The van der Waals surface area contributed by atoms with E-state index in [1.54, 1.807) is 0 Å². The number of rotatable bonds is 5. The predicted molar refractivity (Wildman–Crippen MR) is 80.3 cm³/mol. The number of nitrogens with zero attached hydrogens (tertiary/aromatic N) is 2. The number of carboxylic acids is 1. The molecule has 0 atom stereocenters. The SMILES string of the molecule is Cc1ccc(Nc2cnc(NCC(=O)O)cn2)cc1Br. The van der Waals surface area contributed by atoms with Gasteiger partial charge in [0.2, 0.25) is 0 Å². The zero-order valence-corrected chi connectivity index (χ0v) is 12.3. The Bertz CT molecular complexity index is 616. The van der Waals surface area contributed by atoms with Gasteiger partial charge >= 0.3 is 5.97 Å². The van der Waals surface area contributed by atoms with E-state index in [0.717, 1.165) is 15.7 Å². The topological polar surface area (TPSA) is 87.1 Å². The van der Waals surface area contributed by atoms with Gasteiger partial charge in [-0.05, 0) is 24.6 Å². The lowest BCUT2D eigenvalue weighted by molar-refractivity contribution is -0.134. The van der Waals surface area contributed by atoms with Gasteiger partial charge in [-0.1, -0.05) is 22.0 Å². The number of aromatic nitrogens is 2. The minimum absolute atomic E-state index is 0.188. The average Bonchev–Trinajstić information content (AvgIpc) is 2.42. The van der Waals surface area contributed by atoms with Crippen molar-refractivity contribution < 1.29 is 9.90 Å². The van der Waals surface area contributed by atoms with E-state index in [0.29, 0.717) is 11.6 Å². The molecule has 0 fully saturated rings. The van der Waals surface area contributed by atoms with Crippen LogP contribution in [0.1, 0.15) is 5.56 Å². The third-order valence-electron chi connectivity index (χ3n) is 2.52. The predicted octanol–water partition coefficient (Wildman–Crippen LogP) is 2.79. The Balaban J connectivity index is 2.02. The summed E-state index contributed by atoms with van der Waals surface area (Å²) >= 11 is 3.46. The van der Waals surface area contributed by atoms with Gasteiger partial charge in [-0.15, -0.1) is 0 Å². The number of aryl methyl sites for hydroxylation is 1. The van der Waals surface area contributed by atoms with E-state index in [2.05, 4.69) is 36.5 Å². The summed E-state index contributed by atoms with van der Waals surface area (Å²) in [6.45, 7) is 1.82. The number of hydrogen-bond acceptors (Lipinski definition) is 5. The Morgan fingerprint density at radius 1 is 1.30 bits per heavy atom. The summed E-state index contributed by atoms with van der Waals surface area (Å²) in [6.07, 6.45) is 3.02. The summed E-state index contributed by atoms with van der Waals surface area (Å²) in [5, 5.41) is 14.3. The molecule has 0 saturated carbocycles. The fraction of sp³-hybridized carbons (Fsp3) is 0.154. The lowest BCUT2D eigenvalue weighted by Crippen LogP contribution is -2.13. The van der Waals surface area contributed by atoms with Crippen LogP contribution in [0, 0.1) is 6.92 Å². The van der Waals surface area contributed by atoms with E-state index < -0.39 is 5.97 Å². The first-order valence-electron chi connectivity index (χ1n) is 5.85. The molecule has 0 aliphatic rings. The molecule has 0 aliphatic heterocycles. The molecule has 7 heteroatoms. The van der Waals surface area contributed by atoms with Gasteiger partial charge in [-0.25, -0.2) is 9.97 Å². The van der Waals surface area contributed by atoms with Crippen LogP contribution in [0.3, 0.4) is 0 Å². The maximum Gasteiger partial charge on any atom is 0.322 e. The summed E-state index contributed by atoms with van der Waals surface area (Å²) in [5.74, 6) is 0.0585. The summed E-state index contributed by atoms with van der Waals surface area (Å²) < 4.78 is 1.01. The summed E-state index contributed by atoms with van der Waals surface area (Å²) in [5.41, 5.74) is 2.04. The molecule has 0 radical (unpaired) electrons. The first-order chi connectivity index (χ1) is 9.54. The third-order valence-corrected chi connectivity index (χ3v) is 3.37. The molecule has 0 aliphatic carbocycles. The normalized spacial score (nSPS) is 10.1. The van der Waals surface area contributed by atoms with Crippen molar-refractivity contribution in [3.05, 3.63) is 40.6 Å². The number of nitrogens with one attached hydrogen (secondary N) is 2. The van der Waals surface area contributed by atoms with Crippen LogP contribution in [0.4, 0.5) is 17.3 Å². The third kappa shape index (κ3) is 3.92. The van der Waals surface area contributed by atoms with Gasteiger partial charge in [0, 0.05) is 10.2 Å². The maximum absolute atomic E-state index is 10.4. The highest BCUT2D eigenvalue weighted by atomic mass is 79.9. The quantitative estimate of drug-likeness (QED) is 0.778. The van der Waals surface area contributed by atoms with Crippen molar-refractivity contribution in [3.8, 4) is 0 Å². The summed E-state index contributed by atoms with van der Waals surface area (Å²) in [6, 6.07) is 5.88. The van der Waals surface area contributed by atoms with Gasteiger partial charge in [0.25, 0.3) is 0 Å². The molecule has 0 amide bonds. The average molecular weight is 337 g/mol. The second-order valence-electron chi connectivity index (χ2n) is 4.12. The van der Waals surface area contributed by atoms with E-state index in [1.807, 2.05) is 25.1 Å². The second-order valence-corrected chi connectivity index (χ2v) is 4.98. The van der Waals surface area contributed by atoms with Gasteiger partial charge in [0.05, 0.1) is 12.4 Å². The van der Waals surface area contributed by atoms with E-state index >= 15 is 0 Å². The minimum atomic E-state index is -0.946. The number of halogens is 1. The number of benzene rings is 1. The van der Waals surface area contributed by atoms with Crippen molar-refractivity contribution in [2.75, 3.05) is 17.2 Å². The Hall–Kier alpha value is -2.15. The Morgan fingerprint density at radius 3 is 2.60 bits per heavy atom. The van der Waals surface area contributed by atoms with Crippen LogP contribution < -0.4 is 10.6 Å². The highest BCUT2D eigenvalue weighted by molar-refractivity contribution is 9.10. The lowest BCUT2D eigenvalue weighted by atomic mass is 10.2. The van der Waals surface area contributed by atoms with E-state index in [9.17, 15) is 4.79 Å². The van der Waals surface area contributed by atoms with Gasteiger partial charge < -0.3 is 15.7 Å². The molecule has 0 saturated heterocycles. The first-order valence-corrected chi connectivity index (χ1v) is 6.65. The molecule has 2 rings (SSSR count). The van der Waals surface area contributed by atoms with E-state index in [4.69, 9.17) is 5.11 Å². The van der Waals surface area contributed by atoms with Gasteiger partial charge in [0.1, 0.15) is 18.2 Å². The van der Waals surface area contributed by atoms with Crippen LogP contribution in [0.15, 0.2) is 35.1 Å². The molecule has 1 aromatic carbocycles. The van der Waals surface area contributed by atoms with Crippen LogP contribution in [-0.4, -0.2) is 27.6 Å². The fourth-order valence-corrected chi connectivity index (χ4v) is 1.85. The van der Waals surface area contributed by atoms with E-state index in [-0.39, 0.29) is 6.54 Å². The zero-order valence-electron chi connectivity index (χ0n) is 10.7. The molecule has 1 heterocycles. The molecule has 104 valence electrons. The lowest BCUT2D eigenvalue weighted by Gasteiger charge is -2.08. The van der Waals surface area contributed by atoms with Crippen LogP contribution in [-0.2, 0) is 4.79 Å². The molecule has 0 spiro atoms. The zero-order chi connectivity index (χ0) is 14.5. The fourth-order valence-electron chi connectivity index (χ4n) is 1.47. The number of carboxylic acid groups (broad SMARTS) is 1. The van der Waals surface area contributed by atoms with Gasteiger partial charge in [-0.2, -0.15) is 0 Å². The molecule has 0 bridgehead atoms. The summed E-state index contributed by atoms with van der Waals surface area (Å²) in [7, 11) is 0. The highest BCUT2D eigenvalue weighted by Gasteiger charge is 2.02. The second kappa shape index (κ2) is 6.33. The van der Waals surface area contributed by atoms with Crippen molar-refractivity contribution in [1.82, 2.24) is 9.97 Å². The Kier molecular flexibility index (Phi) is 4.52. The first kappa shape index (κ1) is 14.3. The van der Waals surface area contributed by atoms with Crippen LogP contribution in [0.25, 0.3) is 0 Å². The van der Waals surface area contributed by atoms with Crippen molar-refractivity contribution in [2.45, 2.75) is 6.92 Å². The van der Waals surface area contributed by atoms with Crippen molar-refractivity contribution in [3.63, 3.8) is 0 Å². The number of aliphatic carboxylic acids is 1. The van der Waals surface area contributed by atoms with Gasteiger partial charge in [0.15, 0.2) is 0 Å². The Morgan fingerprint density at radius 2 is 2.00 bits per heavy atom. The molecule has 1 aromatic heterocycles. The van der Waals surface area contributed by atoms with Crippen molar-refractivity contribution in [1.29, 1.82) is 0 Å². The van der Waals surface area contributed by atoms with Gasteiger partial charge in [-0.3, -0.25) is 4.79 Å². The molecule has 3 N–H and O–H groups in total. The minimum Gasteiger partial charge on any atom is -0.480 e. The molecule has 6 nitrogen and oxygen atoms in total. The standard InChI is InChI=1S/C13H13BrN4O2/c1-8-2-3-9(4-10(8)14)18-12-6-15-11(5-16-12)17-7-13(19)20/h2-6H,7H2,1H3,(H,15,17)(H,16,18)(H,19,20). The number of anilines is 3. The molecule has 20 heavy (non-hydrogen) atoms. The summed E-state index contributed by atoms with van der Waals surface area (Å²) in [4.78, 5) is 18.6. The molecular formula is C13H13BrN4O2. The van der Waals surface area contributed by atoms with Crippen LogP contribution >= 0.6 is 15.9 Å². The Labute approximate surface area is 124 Å². The molecule has 2 aromatic rings.